The van der Waals surface area contributed by atoms with E-state index in [9.17, 15) is 13.2 Å². The topological polar surface area (TPSA) is 75.3 Å². The highest BCUT2D eigenvalue weighted by Gasteiger charge is 2.27. The molecule has 1 fully saturated rings. The van der Waals surface area contributed by atoms with Crippen molar-refractivity contribution in [1.29, 1.82) is 0 Å². The first-order valence-corrected chi connectivity index (χ1v) is 6.70. The summed E-state index contributed by atoms with van der Waals surface area (Å²) in [6.45, 7) is 1.55. The molecule has 15 heavy (non-hydrogen) atoms. The molecule has 2 atom stereocenters. The number of sulfone groups is 1. The lowest BCUT2D eigenvalue weighted by Gasteiger charge is -2.13. The Balaban J connectivity index is 1.88. The van der Waals surface area contributed by atoms with Gasteiger partial charge in [0.1, 0.15) is 0 Å². The van der Waals surface area contributed by atoms with E-state index in [1.165, 1.54) is 11.5 Å². The van der Waals surface area contributed by atoms with Crippen LogP contribution >= 0.6 is 0 Å². The molecule has 0 saturated carbocycles. The second-order valence-corrected chi connectivity index (χ2v) is 5.89. The molecule has 2 unspecified atom stereocenters. The van der Waals surface area contributed by atoms with Crippen molar-refractivity contribution in [2.75, 3.05) is 18.8 Å². The lowest BCUT2D eigenvalue weighted by molar-refractivity contribution is -0.124. The van der Waals surface area contributed by atoms with E-state index in [0.717, 1.165) is 13.0 Å². The highest BCUT2D eigenvalue weighted by Crippen LogP contribution is 2.11. The molecule has 5 nitrogen and oxygen atoms in total. The summed E-state index contributed by atoms with van der Waals surface area (Å²) < 4.78 is 22.2. The van der Waals surface area contributed by atoms with Crippen molar-refractivity contribution in [3.63, 3.8) is 0 Å². The van der Waals surface area contributed by atoms with Crippen molar-refractivity contribution in [3.05, 3.63) is 11.5 Å². The van der Waals surface area contributed by atoms with E-state index in [0.29, 0.717) is 6.54 Å². The normalized spacial score (nSPS) is 33.1. The lowest BCUT2D eigenvalue weighted by Crippen LogP contribution is -2.40. The minimum Gasteiger partial charge on any atom is -0.349 e. The molecule has 0 aromatic heterocycles. The Kier molecular flexibility index (Phi) is 2.79. The van der Waals surface area contributed by atoms with E-state index in [-0.39, 0.29) is 23.6 Å². The zero-order valence-electron chi connectivity index (χ0n) is 8.27. The molecule has 0 aliphatic carbocycles. The van der Waals surface area contributed by atoms with Crippen molar-refractivity contribution < 1.29 is 13.2 Å². The van der Waals surface area contributed by atoms with Crippen LogP contribution in [0.1, 0.15) is 6.42 Å². The van der Waals surface area contributed by atoms with Crippen LogP contribution in [0, 0.1) is 5.92 Å². The van der Waals surface area contributed by atoms with Crippen LogP contribution in [0.2, 0.25) is 0 Å². The van der Waals surface area contributed by atoms with Crippen molar-refractivity contribution in [3.8, 4) is 0 Å². The molecule has 0 spiro atoms. The largest absolute Gasteiger partial charge is 0.349 e. The van der Waals surface area contributed by atoms with Gasteiger partial charge in [-0.3, -0.25) is 4.79 Å². The third kappa shape index (κ3) is 2.57. The number of nitrogens with one attached hydrogen (secondary N) is 2. The molecule has 6 heteroatoms. The predicted octanol–water partition coefficient (Wildman–Crippen LogP) is -0.977. The van der Waals surface area contributed by atoms with Crippen LogP contribution in [0.5, 0.6) is 0 Å². The van der Waals surface area contributed by atoms with Crippen LogP contribution in [-0.2, 0) is 14.6 Å². The maximum Gasteiger partial charge on any atom is 0.224 e. The van der Waals surface area contributed by atoms with Gasteiger partial charge in [-0.15, -0.1) is 0 Å². The Morgan fingerprint density at radius 2 is 2.27 bits per heavy atom. The van der Waals surface area contributed by atoms with Crippen molar-refractivity contribution in [1.82, 2.24) is 10.6 Å². The standard InChI is InChI=1S/C9H14N2O3S/c12-9(7-1-3-10-5-7)11-8-2-4-15(13,14)6-8/h2,4,7-8,10H,1,3,5-6H2,(H,11,12). The average Bonchev–Trinajstić information content (AvgIpc) is 2.74. The van der Waals surface area contributed by atoms with Crippen LogP contribution < -0.4 is 10.6 Å². The number of carbonyl (C=O) groups is 1. The number of carbonyl (C=O) groups excluding carboxylic acids is 1. The predicted molar refractivity (Wildman–Crippen MR) is 55.8 cm³/mol. The quantitative estimate of drug-likeness (QED) is 0.639. The van der Waals surface area contributed by atoms with E-state index < -0.39 is 9.84 Å². The maximum atomic E-state index is 11.6. The fraction of sp³-hybridized carbons (Fsp3) is 0.667. The zero-order chi connectivity index (χ0) is 10.9. The van der Waals surface area contributed by atoms with E-state index in [1.54, 1.807) is 0 Å². The van der Waals surface area contributed by atoms with Crippen molar-refractivity contribution in [2.45, 2.75) is 12.5 Å². The van der Waals surface area contributed by atoms with Gasteiger partial charge in [0.05, 0.1) is 17.7 Å². The van der Waals surface area contributed by atoms with Gasteiger partial charge in [0, 0.05) is 12.0 Å². The molecule has 2 aliphatic heterocycles. The molecule has 2 rings (SSSR count). The molecule has 0 aromatic rings. The van der Waals surface area contributed by atoms with Crippen LogP contribution in [0.25, 0.3) is 0 Å². The average molecular weight is 230 g/mol. The third-order valence-electron chi connectivity index (χ3n) is 2.69. The van der Waals surface area contributed by atoms with E-state index in [4.69, 9.17) is 0 Å². The van der Waals surface area contributed by atoms with Crippen LogP contribution in [0.3, 0.4) is 0 Å². The van der Waals surface area contributed by atoms with Crippen molar-refractivity contribution in [2.24, 2.45) is 5.92 Å². The second kappa shape index (κ2) is 3.94. The smallest absolute Gasteiger partial charge is 0.224 e. The summed E-state index contributed by atoms with van der Waals surface area (Å²) in [6, 6.07) is -0.344. The summed E-state index contributed by atoms with van der Waals surface area (Å²) >= 11 is 0. The summed E-state index contributed by atoms with van der Waals surface area (Å²) in [5.41, 5.74) is 0. The first kappa shape index (κ1) is 10.6. The molecule has 2 aliphatic rings. The van der Waals surface area contributed by atoms with Gasteiger partial charge < -0.3 is 10.6 Å². The summed E-state index contributed by atoms with van der Waals surface area (Å²) in [5, 5.41) is 7.00. The molecule has 0 aromatic carbocycles. The molecular formula is C9H14N2O3S. The molecule has 1 amide bonds. The molecule has 0 radical (unpaired) electrons. The Morgan fingerprint density at radius 3 is 2.80 bits per heavy atom. The first-order valence-electron chi connectivity index (χ1n) is 4.99. The van der Waals surface area contributed by atoms with Gasteiger partial charge in [0.2, 0.25) is 5.91 Å². The molecular weight excluding hydrogens is 216 g/mol. The Bertz CT molecular complexity index is 382. The first-order chi connectivity index (χ1) is 7.07. The summed E-state index contributed by atoms with van der Waals surface area (Å²) in [5.74, 6) is -0.0627. The molecule has 1 saturated heterocycles. The van der Waals surface area contributed by atoms with Gasteiger partial charge in [-0.05, 0) is 19.0 Å². The zero-order valence-corrected chi connectivity index (χ0v) is 9.09. The highest BCUT2D eigenvalue weighted by molar-refractivity contribution is 7.94. The van der Waals surface area contributed by atoms with Crippen LogP contribution in [0.15, 0.2) is 11.5 Å². The second-order valence-electron chi connectivity index (χ2n) is 3.96. The van der Waals surface area contributed by atoms with Gasteiger partial charge >= 0.3 is 0 Å². The Hall–Kier alpha value is -0.880. The molecule has 0 bridgehead atoms. The number of rotatable bonds is 2. The maximum absolute atomic E-state index is 11.6. The molecule has 84 valence electrons. The highest BCUT2D eigenvalue weighted by atomic mass is 32.2. The lowest BCUT2D eigenvalue weighted by atomic mass is 10.1. The monoisotopic (exact) mass is 230 g/mol. The summed E-state index contributed by atoms with van der Waals surface area (Å²) in [7, 11) is -3.08. The van der Waals surface area contributed by atoms with E-state index in [1.807, 2.05) is 0 Å². The summed E-state index contributed by atoms with van der Waals surface area (Å²) in [4.78, 5) is 11.6. The van der Waals surface area contributed by atoms with Crippen molar-refractivity contribution >= 4 is 15.7 Å². The summed E-state index contributed by atoms with van der Waals surface area (Å²) in [6.07, 6.45) is 2.37. The number of hydrogen-bond donors (Lipinski definition) is 2. The SMILES string of the molecule is O=C(NC1C=CS(=O)(=O)C1)C1CCNC1. The van der Waals surface area contributed by atoms with Gasteiger partial charge in [-0.2, -0.15) is 0 Å². The Labute approximate surface area is 88.8 Å². The number of hydrogen-bond acceptors (Lipinski definition) is 4. The minimum absolute atomic E-state index is 0.00110. The number of amides is 1. The van der Waals surface area contributed by atoms with Crippen LogP contribution in [-0.4, -0.2) is 39.2 Å². The van der Waals surface area contributed by atoms with Gasteiger partial charge in [-0.1, -0.05) is 0 Å². The van der Waals surface area contributed by atoms with E-state index >= 15 is 0 Å². The fourth-order valence-electron chi connectivity index (χ4n) is 1.84. The van der Waals surface area contributed by atoms with Gasteiger partial charge in [0.25, 0.3) is 0 Å². The fourth-order valence-corrected chi connectivity index (χ4v) is 3.08. The third-order valence-corrected chi connectivity index (χ3v) is 4.08. The van der Waals surface area contributed by atoms with Gasteiger partial charge in [0.15, 0.2) is 9.84 Å². The molecule has 2 N–H and O–H groups in total. The molecule has 2 heterocycles. The van der Waals surface area contributed by atoms with Crippen LogP contribution in [0.4, 0.5) is 0 Å². The van der Waals surface area contributed by atoms with E-state index in [2.05, 4.69) is 10.6 Å². The van der Waals surface area contributed by atoms with Gasteiger partial charge in [-0.25, -0.2) is 8.42 Å². The Morgan fingerprint density at radius 1 is 1.47 bits per heavy atom. The minimum atomic E-state index is -3.08.